The molecule has 0 amide bonds. The van der Waals surface area contributed by atoms with Crippen LogP contribution in [-0.4, -0.2) is 24.0 Å². The number of hydrogen-bond acceptors (Lipinski definition) is 2. The summed E-state index contributed by atoms with van der Waals surface area (Å²) in [6.07, 6.45) is 1.16. The predicted octanol–water partition coefficient (Wildman–Crippen LogP) is 3.15. The Balaban J connectivity index is 1.98. The van der Waals surface area contributed by atoms with Crippen molar-refractivity contribution >= 4 is 11.6 Å². The fourth-order valence-corrected chi connectivity index (χ4v) is 2.86. The highest BCUT2D eigenvalue weighted by Crippen LogP contribution is 2.24. The third-order valence-corrected chi connectivity index (χ3v) is 4.11. The summed E-state index contributed by atoms with van der Waals surface area (Å²) in [6, 6.07) is 8.44. The van der Waals surface area contributed by atoms with Gasteiger partial charge in [0, 0.05) is 30.7 Å². The highest BCUT2D eigenvalue weighted by atomic mass is 35.5. The van der Waals surface area contributed by atoms with E-state index in [-0.39, 0.29) is 0 Å². The van der Waals surface area contributed by atoms with Crippen molar-refractivity contribution in [1.82, 2.24) is 4.90 Å². The van der Waals surface area contributed by atoms with Gasteiger partial charge in [-0.15, -0.1) is 0 Å². The maximum atomic E-state index is 6.17. The normalized spacial score (nSPS) is 25.6. The van der Waals surface area contributed by atoms with Crippen LogP contribution in [0, 0.1) is 11.8 Å². The molecule has 2 unspecified atom stereocenters. The van der Waals surface area contributed by atoms with E-state index >= 15 is 0 Å². The third kappa shape index (κ3) is 3.71. The quantitative estimate of drug-likeness (QED) is 0.911. The molecule has 0 spiro atoms. The molecule has 2 rings (SSSR count). The minimum absolute atomic E-state index is 0.318. The summed E-state index contributed by atoms with van der Waals surface area (Å²) in [5.74, 6) is 1.44. The maximum Gasteiger partial charge on any atom is 0.0406 e. The molecule has 0 radical (unpaired) electrons. The first-order chi connectivity index (χ1) is 8.54. The second-order valence-corrected chi connectivity index (χ2v) is 6.26. The van der Waals surface area contributed by atoms with Crippen molar-refractivity contribution in [2.45, 2.75) is 32.9 Å². The Labute approximate surface area is 115 Å². The molecular formula is C15H23ClN2. The Kier molecular flexibility index (Phi) is 4.66. The van der Waals surface area contributed by atoms with Gasteiger partial charge in [-0.1, -0.05) is 37.6 Å². The average Bonchev–Trinajstić information content (AvgIpc) is 2.31. The first kappa shape index (κ1) is 13.9. The van der Waals surface area contributed by atoms with Gasteiger partial charge in [-0.25, -0.2) is 0 Å². The molecular weight excluding hydrogens is 244 g/mol. The van der Waals surface area contributed by atoms with Crippen LogP contribution in [0.5, 0.6) is 0 Å². The Morgan fingerprint density at radius 2 is 1.94 bits per heavy atom. The lowest BCUT2D eigenvalue weighted by Gasteiger charge is -2.38. The van der Waals surface area contributed by atoms with Gasteiger partial charge in [0.05, 0.1) is 0 Å². The summed E-state index contributed by atoms with van der Waals surface area (Å²) in [5, 5.41) is 0.800. The lowest BCUT2D eigenvalue weighted by molar-refractivity contribution is 0.123. The van der Waals surface area contributed by atoms with E-state index in [0.717, 1.165) is 37.0 Å². The second kappa shape index (κ2) is 6.05. The molecule has 1 aliphatic heterocycles. The van der Waals surface area contributed by atoms with E-state index in [4.69, 9.17) is 17.3 Å². The predicted molar refractivity (Wildman–Crippen MR) is 77.6 cm³/mol. The molecule has 3 heteroatoms. The van der Waals surface area contributed by atoms with Crippen LogP contribution in [-0.2, 0) is 6.54 Å². The lowest BCUT2D eigenvalue weighted by Crippen LogP contribution is -2.47. The highest BCUT2D eigenvalue weighted by molar-refractivity contribution is 6.30. The molecule has 2 N–H and O–H groups in total. The molecule has 0 aromatic heterocycles. The smallest absolute Gasteiger partial charge is 0.0406 e. The molecule has 100 valence electrons. The summed E-state index contributed by atoms with van der Waals surface area (Å²) in [5.41, 5.74) is 7.48. The van der Waals surface area contributed by atoms with Gasteiger partial charge in [0.25, 0.3) is 0 Å². The molecule has 1 aliphatic rings. The maximum absolute atomic E-state index is 6.17. The van der Waals surface area contributed by atoms with Crippen molar-refractivity contribution in [3.8, 4) is 0 Å². The minimum Gasteiger partial charge on any atom is -0.327 e. The summed E-state index contributed by atoms with van der Waals surface area (Å²) < 4.78 is 0. The standard InChI is InChI=1S/C15H23ClN2/c1-11(2)13-7-15(17)10-18(9-13)8-12-3-5-14(16)6-4-12/h3-6,11,13,15H,7-10,17H2,1-2H3. The summed E-state index contributed by atoms with van der Waals surface area (Å²) in [4.78, 5) is 2.47. The summed E-state index contributed by atoms with van der Waals surface area (Å²) in [7, 11) is 0. The largest absolute Gasteiger partial charge is 0.327 e. The van der Waals surface area contributed by atoms with Crippen molar-refractivity contribution in [2.24, 2.45) is 17.6 Å². The van der Waals surface area contributed by atoms with Crippen molar-refractivity contribution in [3.63, 3.8) is 0 Å². The van der Waals surface area contributed by atoms with Crippen LogP contribution in [0.3, 0.4) is 0 Å². The van der Waals surface area contributed by atoms with E-state index in [9.17, 15) is 0 Å². The van der Waals surface area contributed by atoms with Crippen LogP contribution in [0.1, 0.15) is 25.8 Å². The van der Waals surface area contributed by atoms with Crippen LogP contribution in [0.2, 0.25) is 5.02 Å². The number of piperidine rings is 1. The minimum atomic E-state index is 0.318. The van der Waals surface area contributed by atoms with E-state index < -0.39 is 0 Å². The topological polar surface area (TPSA) is 29.3 Å². The molecule has 1 saturated heterocycles. The molecule has 0 saturated carbocycles. The van der Waals surface area contributed by atoms with Gasteiger partial charge in [-0.05, 0) is 36.0 Å². The molecule has 1 aromatic rings. The van der Waals surface area contributed by atoms with Gasteiger partial charge in [0.1, 0.15) is 0 Å². The number of benzene rings is 1. The van der Waals surface area contributed by atoms with E-state index in [2.05, 4.69) is 30.9 Å². The van der Waals surface area contributed by atoms with Gasteiger partial charge in [-0.3, -0.25) is 4.90 Å². The summed E-state index contributed by atoms with van der Waals surface area (Å²) in [6.45, 7) is 7.74. The molecule has 1 heterocycles. The first-order valence-corrected chi connectivity index (χ1v) is 7.14. The van der Waals surface area contributed by atoms with Gasteiger partial charge in [-0.2, -0.15) is 0 Å². The molecule has 18 heavy (non-hydrogen) atoms. The van der Waals surface area contributed by atoms with Crippen molar-refractivity contribution in [3.05, 3.63) is 34.9 Å². The Morgan fingerprint density at radius 3 is 2.56 bits per heavy atom. The molecule has 2 atom stereocenters. The SMILES string of the molecule is CC(C)C1CC(N)CN(Cc2ccc(Cl)cc2)C1. The number of rotatable bonds is 3. The van der Waals surface area contributed by atoms with E-state index in [0.29, 0.717) is 12.0 Å². The van der Waals surface area contributed by atoms with E-state index in [1.165, 1.54) is 5.56 Å². The van der Waals surface area contributed by atoms with Crippen LogP contribution >= 0.6 is 11.6 Å². The fraction of sp³-hybridized carbons (Fsp3) is 0.600. The van der Waals surface area contributed by atoms with E-state index in [1.807, 2.05) is 12.1 Å². The molecule has 0 aliphatic carbocycles. The Hall–Kier alpha value is -0.570. The fourth-order valence-electron chi connectivity index (χ4n) is 2.74. The third-order valence-electron chi connectivity index (χ3n) is 3.85. The number of likely N-dealkylation sites (tertiary alicyclic amines) is 1. The monoisotopic (exact) mass is 266 g/mol. The van der Waals surface area contributed by atoms with Crippen LogP contribution < -0.4 is 5.73 Å². The zero-order valence-corrected chi connectivity index (χ0v) is 12.0. The molecule has 1 fully saturated rings. The average molecular weight is 267 g/mol. The van der Waals surface area contributed by atoms with Gasteiger partial charge in [0.2, 0.25) is 0 Å². The van der Waals surface area contributed by atoms with Gasteiger partial charge >= 0.3 is 0 Å². The van der Waals surface area contributed by atoms with Crippen LogP contribution in [0.25, 0.3) is 0 Å². The number of hydrogen-bond donors (Lipinski definition) is 1. The Bertz CT molecular complexity index is 375. The molecule has 0 bridgehead atoms. The zero-order chi connectivity index (χ0) is 13.1. The number of nitrogens with two attached hydrogens (primary N) is 1. The second-order valence-electron chi connectivity index (χ2n) is 5.82. The first-order valence-electron chi connectivity index (χ1n) is 6.77. The molecule has 1 aromatic carbocycles. The van der Waals surface area contributed by atoms with Gasteiger partial charge in [0.15, 0.2) is 0 Å². The van der Waals surface area contributed by atoms with E-state index in [1.54, 1.807) is 0 Å². The number of nitrogens with zero attached hydrogens (tertiary/aromatic N) is 1. The highest BCUT2D eigenvalue weighted by Gasteiger charge is 2.26. The van der Waals surface area contributed by atoms with Gasteiger partial charge < -0.3 is 5.73 Å². The number of halogens is 1. The van der Waals surface area contributed by atoms with Crippen molar-refractivity contribution in [2.75, 3.05) is 13.1 Å². The Morgan fingerprint density at radius 1 is 1.28 bits per heavy atom. The zero-order valence-electron chi connectivity index (χ0n) is 11.3. The van der Waals surface area contributed by atoms with Crippen LogP contribution in [0.4, 0.5) is 0 Å². The molecule has 2 nitrogen and oxygen atoms in total. The van der Waals surface area contributed by atoms with Crippen molar-refractivity contribution in [1.29, 1.82) is 0 Å². The van der Waals surface area contributed by atoms with Crippen LogP contribution in [0.15, 0.2) is 24.3 Å². The van der Waals surface area contributed by atoms with Crippen molar-refractivity contribution < 1.29 is 0 Å². The lowest BCUT2D eigenvalue weighted by atomic mass is 9.85. The summed E-state index contributed by atoms with van der Waals surface area (Å²) >= 11 is 5.91.